The van der Waals surface area contributed by atoms with Gasteiger partial charge in [0.05, 0.1) is 0 Å². The molecule has 2 heteroatoms. The maximum absolute atomic E-state index is 11.2. The molecule has 17 heavy (non-hydrogen) atoms. The molecule has 0 aromatic heterocycles. The van der Waals surface area contributed by atoms with Gasteiger partial charge in [-0.25, -0.2) is 0 Å². The summed E-state index contributed by atoms with van der Waals surface area (Å²) < 4.78 is 0. The number of anilines is 1. The molecule has 0 bridgehead atoms. The summed E-state index contributed by atoms with van der Waals surface area (Å²) in [6.45, 7) is 4.87. The van der Waals surface area contributed by atoms with E-state index >= 15 is 0 Å². The van der Waals surface area contributed by atoms with Gasteiger partial charge in [-0.3, -0.25) is 4.79 Å². The third-order valence-corrected chi connectivity index (χ3v) is 3.71. The first-order chi connectivity index (χ1) is 8.22. The number of benzene rings is 1. The van der Waals surface area contributed by atoms with E-state index < -0.39 is 0 Å². The second kappa shape index (κ2) is 5.35. The van der Waals surface area contributed by atoms with Crippen molar-refractivity contribution in [3.63, 3.8) is 0 Å². The first-order valence-electron chi connectivity index (χ1n) is 6.60. The molecule has 2 nitrogen and oxygen atoms in total. The molecular formula is C15H21NO. The number of Topliss-reactive ketones (excluding diaryl/α,β-unsaturated/α-hetero) is 1. The summed E-state index contributed by atoms with van der Waals surface area (Å²) in [6.07, 6.45) is 5.32. The Morgan fingerprint density at radius 2 is 1.82 bits per heavy atom. The molecule has 0 atom stereocenters. The van der Waals surface area contributed by atoms with E-state index in [0.717, 1.165) is 12.1 Å². The summed E-state index contributed by atoms with van der Waals surface area (Å²) in [7, 11) is 0. The van der Waals surface area contributed by atoms with Crippen LogP contribution in [0.25, 0.3) is 0 Å². The molecule has 1 saturated carbocycles. The normalized spacial score (nSPS) is 16.1. The molecule has 0 aliphatic heterocycles. The Kier molecular flexibility index (Phi) is 3.82. The summed E-state index contributed by atoms with van der Waals surface area (Å²) >= 11 is 0. The first kappa shape index (κ1) is 12.2. The third kappa shape index (κ3) is 2.68. The average molecular weight is 231 g/mol. The lowest BCUT2D eigenvalue weighted by Crippen LogP contribution is -2.32. The minimum atomic E-state index is 0.139. The molecule has 0 amide bonds. The van der Waals surface area contributed by atoms with E-state index in [1.807, 2.05) is 12.1 Å². The Bertz CT molecular complexity index is 376. The van der Waals surface area contributed by atoms with Crippen molar-refractivity contribution in [3.05, 3.63) is 29.8 Å². The molecule has 1 aliphatic rings. The van der Waals surface area contributed by atoms with Crippen molar-refractivity contribution in [2.45, 2.75) is 45.6 Å². The molecule has 1 aromatic carbocycles. The number of nitrogens with zero attached hydrogens (tertiary/aromatic N) is 1. The SMILES string of the molecule is CCN(c1ccc(C(C)=O)cc1)C1CCCC1. The van der Waals surface area contributed by atoms with Gasteiger partial charge in [0.1, 0.15) is 0 Å². The highest BCUT2D eigenvalue weighted by Gasteiger charge is 2.21. The van der Waals surface area contributed by atoms with E-state index in [1.165, 1.54) is 31.4 Å². The van der Waals surface area contributed by atoms with Crippen molar-refractivity contribution in [2.24, 2.45) is 0 Å². The van der Waals surface area contributed by atoms with Gasteiger partial charge >= 0.3 is 0 Å². The van der Waals surface area contributed by atoms with Crippen molar-refractivity contribution in [1.29, 1.82) is 0 Å². The Balaban J connectivity index is 2.16. The number of ketones is 1. The fraction of sp³-hybridized carbons (Fsp3) is 0.533. The largest absolute Gasteiger partial charge is 0.369 e. The van der Waals surface area contributed by atoms with Gasteiger partial charge < -0.3 is 4.90 Å². The Morgan fingerprint density at radius 1 is 1.24 bits per heavy atom. The molecule has 0 saturated heterocycles. The van der Waals surface area contributed by atoms with Crippen LogP contribution in [0.4, 0.5) is 5.69 Å². The summed E-state index contributed by atoms with van der Waals surface area (Å²) in [5.41, 5.74) is 2.06. The van der Waals surface area contributed by atoms with Gasteiger partial charge in [-0.1, -0.05) is 12.8 Å². The van der Waals surface area contributed by atoms with Crippen molar-refractivity contribution in [1.82, 2.24) is 0 Å². The van der Waals surface area contributed by atoms with Crippen LogP contribution in [0.2, 0.25) is 0 Å². The van der Waals surface area contributed by atoms with Gasteiger partial charge in [-0.2, -0.15) is 0 Å². The highest BCUT2D eigenvalue weighted by molar-refractivity contribution is 5.94. The number of carbonyl (C=O) groups excluding carboxylic acids is 1. The smallest absolute Gasteiger partial charge is 0.159 e. The van der Waals surface area contributed by atoms with Crippen molar-refractivity contribution in [2.75, 3.05) is 11.4 Å². The second-order valence-corrected chi connectivity index (χ2v) is 4.83. The molecule has 0 radical (unpaired) electrons. The number of rotatable bonds is 4. The van der Waals surface area contributed by atoms with Crippen LogP contribution in [0.1, 0.15) is 49.9 Å². The Labute approximate surface area is 104 Å². The quantitative estimate of drug-likeness (QED) is 0.737. The Morgan fingerprint density at radius 3 is 2.29 bits per heavy atom. The molecule has 0 heterocycles. The van der Waals surface area contributed by atoms with Crippen LogP contribution in [-0.4, -0.2) is 18.4 Å². The third-order valence-electron chi connectivity index (χ3n) is 3.71. The standard InChI is InChI=1S/C15H21NO/c1-3-16(14-6-4-5-7-14)15-10-8-13(9-11-15)12(2)17/h8-11,14H,3-7H2,1-2H3. The number of hydrogen-bond donors (Lipinski definition) is 0. The van der Waals surface area contributed by atoms with Crippen LogP contribution in [0.5, 0.6) is 0 Å². The number of carbonyl (C=O) groups is 1. The minimum absolute atomic E-state index is 0.139. The van der Waals surface area contributed by atoms with E-state index in [2.05, 4.69) is 24.0 Å². The summed E-state index contributed by atoms with van der Waals surface area (Å²) in [5, 5.41) is 0. The zero-order valence-corrected chi connectivity index (χ0v) is 10.8. The van der Waals surface area contributed by atoms with Crippen LogP contribution in [-0.2, 0) is 0 Å². The van der Waals surface area contributed by atoms with Crippen LogP contribution in [0.3, 0.4) is 0 Å². The molecule has 1 aromatic rings. The summed E-state index contributed by atoms with van der Waals surface area (Å²) in [4.78, 5) is 13.7. The predicted molar refractivity (Wildman–Crippen MR) is 71.7 cm³/mol. The minimum Gasteiger partial charge on any atom is -0.369 e. The average Bonchev–Trinajstić information content (AvgIpc) is 2.84. The van der Waals surface area contributed by atoms with E-state index in [1.54, 1.807) is 6.92 Å². The zero-order chi connectivity index (χ0) is 12.3. The molecule has 1 fully saturated rings. The van der Waals surface area contributed by atoms with Crippen molar-refractivity contribution in [3.8, 4) is 0 Å². The first-order valence-corrected chi connectivity index (χ1v) is 6.60. The van der Waals surface area contributed by atoms with Crippen molar-refractivity contribution < 1.29 is 4.79 Å². The van der Waals surface area contributed by atoms with Gasteiger partial charge in [0.2, 0.25) is 0 Å². The second-order valence-electron chi connectivity index (χ2n) is 4.83. The molecule has 1 aliphatic carbocycles. The van der Waals surface area contributed by atoms with E-state index in [4.69, 9.17) is 0 Å². The van der Waals surface area contributed by atoms with Gasteiger partial charge in [-0.15, -0.1) is 0 Å². The molecule has 0 spiro atoms. The van der Waals surface area contributed by atoms with Crippen LogP contribution < -0.4 is 4.90 Å². The van der Waals surface area contributed by atoms with E-state index in [-0.39, 0.29) is 5.78 Å². The lowest BCUT2D eigenvalue weighted by molar-refractivity contribution is 0.101. The van der Waals surface area contributed by atoms with E-state index in [9.17, 15) is 4.79 Å². The molecule has 0 unspecified atom stereocenters. The number of hydrogen-bond acceptors (Lipinski definition) is 2. The van der Waals surface area contributed by atoms with Gasteiger partial charge in [-0.05, 0) is 51.0 Å². The molecule has 2 rings (SSSR count). The Hall–Kier alpha value is -1.31. The van der Waals surface area contributed by atoms with Crippen LogP contribution >= 0.6 is 0 Å². The topological polar surface area (TPSA) is 20.3 Å². The van der Waals surface area contributed by atoms with Crippen LogP contribution in [0, 0.1) is 0 Å². The lowest BCUT2D eigenvalue weighted by Gasteiger charge is -2.30. The lowest BCUT2D eigenvalue weighted by atomic mass is 10.1. The molecular weight excluding hydrogens is 210 g/mol. The summed E-state index contributed by atoms with van der Waals surface area (Å²) in [5.74, 6) is 0.139. The monoisotopic (exact) mass is 231 g/mol. The maximum Gasteiger partial charge on any atom is 0.159 e. The van der Waals surface area contributed by atoms with Crippen molar-refractivity contribution >= 4 is 11.5 Å². The van der Waals surface area contributed by atoms with E-state index in [0.29, 0.717) is 6.04 Å². The van der Waals surface area contributed by atoms with Gasteiger partial charge in [0.15, 0.2) is 5.78 Å². The maximum atomic E-state index is 11.2. The predicted octanol–water partition coefficient (Wildman–Crippen LogP) is 3.66. The summed E-state index contributed by atoms with van der Waals surface area (Å²) in [6, 6.07) is 8.74. The van der Waals surface area contributed by atoms with Gasteiger partial charge in [0.25, 0.3) is 0 Å². The zero-order valence-electron chi connectivity index (χ0n) is 10.8. The fourth-order valence-corrected chi connectivity index (χ4v) is 2.76. The highest BCUT2D eigenvalue weighted by Crippen LogP contribution is 2.28. The molecule has 92 valence electrons. The van der Waals surface area contributed by atoms with Crippen LogP contribution in [0.15, 0.2) is 24.3 Å². The highest BCUT2D eigenvalue weighted by atomic mass is 16.1. The van der Waals surface area contributed by atoms with Gasteiger partial charge in [0, 0.05) is 23.8 Å². The fourth-order valence-electron chi connectivity index (χ4n) is 2.76. The molecule has 0 N–H and O–H groups in total.